The number of carbonyl (C=O) groups is 1. The Morgan fingerprint density at radius 1 is 1.67 bits per heavy atom. The Kier molecular flexibility index (Phi) is 3.07. The van der Waals surface area contributed by atoms with Crippen LogP contribution >= 0.6 is 11.3 Å². The average Bonchev–Trinajstić information content (AvgIpc) is 2.64. The lowest BCUT2D eigenvalue weighted by Gasteiger charge is -2.28. The zero-order valence-corrected chi connectivity index (χ0v) is 9.42. The number of carboxylic acids is 1. The fourth-order valence-electron chi connectivity index (χ4n) is 1.97. The van der Waals surface area contributed by atoms with Crippen molar-refractivity contribution in [2.75, 3.05) is 6.61 Å². The standard InChI is InChI=1S/C11H14O3S/c1-7-4-6-15-10(7)9-8(11(12)13)3-2-5-14-9/h4,6,8-9H,2-3,5H2,1H3,(H,12,13). The van der Waals surface area contributed by atoms with Gasteiger partial charge in [-0.3, -0.25) is 4.79 Å². The lowest BCUT2D eigenvalue weighted by atomic mass is 9.92. The molecule has 2 heterocycles. The molecule has 1 aromatic heterocycles. The third kappa shape index (κ3) is 2.06. The zero-order chi connectivity index (χ0) is 10.8. The van der Waals surface area contributed by atoms with Gasteiger partial charge in [0.05, 0.1) is 5.92 Å². The largest absolute Gasteiger partial charge is 0.481 e. The van der Waals surface area contributed by atoms with Crippen LogP contribution < -0.4 is 0 Å². The molecule has 15 heavy (non-hydrogen) atoms. The Morgan fingerprint density at radius 2 is 2.47 bits per heavy atom. The van der Waals surface area contributed by atoms with E-state index in [9.17, 15) is 4.79 Å². The second-order valence-electron chi connectivity index (χ2n) is 3.85. The molecular formula is C11H14O3S. The molecule has 2 atom stereocenters. The van der Waals surface area contributed by atoms with Crippen LogP contribution in [0.5, 0.6) is 0 Å². The molecule has 0 saturated carbocycles. The van der Waals surface area contributed by atoms with Crippen molar-refractivity contribution in [3.63, 3.8) is 0 Å². The van der Waals surface area contributed by atoms with Crippen LogP contribution in [-0.2, 0) is 9.53 Å². The monoisotopic (exact) mass is 226 g/mol. The van der Waals surface area contributed by atoms with Crippen LogP contribution in [0.1, 0.15) is 29.4 Å². The van der Waals surface area contributed by atoms with E-state index in [1.54, 1.807) is 11.3 Å². The van der Waals surface area contributed by atoms with Gasteiger partial charge in [0.1, 0.15) is 6.10 Å². The van der Waals surface area contributed by atoms with E-state index in [4.69, 9.17) is 9.84 Å². The van der Waals surface area contributed by atoms with Crippen molar-refractivity contribution in [1.29, 1.82) is 0 Å². The van der Waals surface area contributed by atoms with Crippen molar-refractivity contribution >= 4 is 17.3 Å². The quantitative estimate of drug-likeness (QED) is 0.843. The second-order valence-corrected chi connectivity index (χ2v) is 4.79. The molecule has 0 spiro atoms. The Bertz CT molecular complexity index is 358. The summed E-state index contributed by atoms with van der Waals surface area (Å²) in [5.41, 5.74) is 1.14. The maximum atomic E-state index is 11.1. The third-order valence-electron chi connectivity index (χ3n) is 2.80. The van der Waals surface area contributed by atoms with Gasteiger partial charge in [-0.2, -0.15) is 0 Å². The van der Waals surface area contributed by atoms with Gasteiger partial charge in [0.25, 0.3) is 0 Å². The predicted octanol–water partition coefficient (Wildman–Crippen LogP) is 2.61. The van der Waals surface area contributed by atoms with Crippen LogP contribution in [-0.4, -0.2) is 17.7 Å². The number of carboxylic acid groups (broad SMARTS) is 1. The summed E-state index contributed by atoms with van der Waals surface area (Å²) in [4.78, 5) is 12.2. The average molecular weight is 226 g/mol. The second kappa shape index (κ2) is 4.33. The Hall–Kier alpha value is -0.870. The van der Waals surface area contributed by atoms with Crippen molar-refractivity contribution in [2.45, 2.75) is 25.9 Å². The lowest BCUT2D eigenvalue weighted by molar-refractivity contribution is -0.151. The molecule has 1 aliphatic heterocycles. The summed E-state index contributed by atoms with van der Waals surface area (Å²) in [5, 5.41) is 11.1. The molecule has 0 aliphatic carbocycles. The summed E-state index contributed by atoms with van der Waals surface area (Å²) in [6, 6.07) is 2.01. The van der Waals surface area contributed by atoms with Crippen LogP contribution in [0.4, 0.5) is 0 Å². The number of ether oxygens (including phenoxy) is 1. The van der Waals surface area contributed by atoms with Crippen LogP contribution in [0.3, 0.4) is 0 Å². The molecule has 0 amide bonds. The van der Waals surface area contributed by atoms with Gasteiger partial charge in [-0.15, -0.1) is 11.3 Å². The van der Waals surface area contributed by atoms with E-state index in [2.05, 4.69) is 0 Å². The highest BCUT2D eigenvalue weighted by Gasteiger charge is 2.34. The fourth-order valence-corrected chi connectivity index (χ4v) is 3.01. The molecule has 1 aromatic rings. The first kappa shape index (κ1) is 10.6. The number of aliphatic carboxylic acids is 1. The van der Waals surface area contributed by atoms with Crippen molar-refractivity contribution in [3.8, 4) is 0 Å². The van der Waals surface area contributed by atoms with Crippen molar-refractivity contribution in [3.05, 3.63) is 21.9 Å². The van der Waals surface area contributed by atoms with Crippen LogP contribution in [0.2, 0.25) is 0 Å². The zero-order valence-electron chi connectivity index (χ0n) is 8.60. The number of hydrogen-bond acceptors (Lipinski definition) is 3. The molecule has 1 N–H and O–H groups in total. The lowest BCUT2D eigenvalue weighted by Crippen LogP contribution is -2.28. The molecule has 1 saturated heterocycles. The highest BCUT2D eigenvalue weighted by Crippen LogP contribution is 2.37. The van der Waals surface area contributed by atoms with Crippen molar-refractivity contribution < 1.29 is 14.6 Å². The smallest absolute Gasteiger partial charge is 0.309 e. The van der Waals surface area contributed by atoms with Crippen LogP contribution in [0.15, 0.2) is 11.4 Å². The van der Waals surface area contributed by atoms with Gasteiger partial charge in [0, 0.05) is 11.5 Å². The first-order valence-corrected chi connectivity index (χ1v) is 5.96. The fraction of sp³-hybridized carbons (Fsp3) is 0.545. The summed E-state index contributed by atoms with van der Waals surface area (Å²) in [6.45, 7) is 2.68. The van der Waals surface area contributed by atoms with E-state index in [-0.39, 0.29) is 12.0 Å². The molecule has 1 fully saturated rings. The van der Waals surface area contributed by atoms with Crippen LogP contribution in [0, 0.1) is 12.8 Å². The Labute approximate surface area is 92.7 Å². The van der Waals surface area contributed by atoms with Gasteiger partial charge in [0.2, 0.25) is 0 Å². The van der Waals surface area contributed by atoms with Gasteiger partial charge in [0.15, 0.2) is 0 Å². The first-order valence-electron chi connectivity index (χ1n) is 5.08. The van der Waals surface area contributed by atoms with Gasteiger partial charge < -0.3 is 9.84 Å². The Balaban J connectivity index is 2.25. The summed E-state index contributed by atoms with van der Waals surface area (Å²) in [6.07, 6.45) is 1.33. The molecule has 0 radical (unpaired) electrons. The van der Waals surface area contributed by atoms with Gasteiger partial charge >= 0.3 is 5.97 Å². The molecule has 3 nitrogen and oxygen atoms in total. The molecule has 4 heteroatoms. The van der Waals surface area contributed by atoms with Crippen LogP contribution in [0.25, 0.3) is 0 Å². The minimum Gasteiger partial charge on any atom is -0.481 e. The normalized spacial score (nSPS) is 26.5. The minimum absolute atomic E-state index is 0.240. The van der Waals surface area contributed by atoms with E-state index in [1.165, 1.54) is 0 Å². The molecule has 82 valence electrons. The van der Waals surface area contributed by atoms with E-state index >= 15 is 0 Å². The molecule has 1 aliphatic rings. The van der Waals surface area contributed by atoms with E-state index in [0.717, 1.165) is 23.3 Å². The first-order chi connectivity index (χ1) is 7.20. The molecule has 0 bridgehead atoms. The van der Waals surface area contributed by atoms with E-state index < -0.39 is 5.97 Å². The predicted molar refractivity (Wildman–Crippen MR) is 58.1 cm³/mol. The summed E-state index contributed by atoms with van der Waals surface area (Å²) < 4.78 is 5.61. The molecule has 2 rings (SSSR count). The molecule has 0 aromatic carbocycles. The SMILES string of the molecule is Cc1ccsc1C1OCCCC1C(=O)O. The number of rotatable bonds is 2. The topological polar surface area (TPSA) is 46.5 Å². The van der Waals surface area contributed by atoms with Gasteiger partial charge in [-0.05, 0) is 36.8 Å². The van der Waals surface area contributed by atoms with E-state index in [0.29, 0.717) is 6.61 Å². The maximum absolute atomic E-state index is 11.1. The highest BCUT2D eigenvalue weighted by atomic mass is 32.1. The summed E-state index contributed by atoms with van der Waals surface area (Å²) in [5.74, 6) is -1.12. The Morgan fingerprint density at radius 3 is 3.07 bits per heavy atom. The molecule has 2 unspecified atom stereocenters. The van der Waals surface area contributed by atoms with Crippen molar-refractivity contribution in [1.82, 2.24) is 0 Å². The van der Waals surface area contributed by atoms with Crippen molar-refractivity contribution in [2.24, 2.45) is 5.92 Å². The summed E-state index contributed by atoms with van der Waals surface area (Å²) in [7, 11) is 0. The third-order valence-corrected chi connectivity index (χ3v) is 3.88. The summed E-state index contributed by atoms with van der Waals surface area (Å²) >= 11 is 1.59. The number of thiophene rings is 1. The minimum atomic E-state index is -0.743. The van der Waals surface area contributed by atoms with Gasteiger partial charge in [-0.1, -0.05) is 0 Å². The molecular weight excluding hydrogens is 212 g/mol. The van der Waals surface area contributed by atoms with E-state index in [1.807, 2.05) is 18.4 Å². The highest BCUT2D eigenvalue weighted by molar-refractivity contribution is 7.10. The van der Waals surface area contributed by atoms with Gasteiger partial charge in [-0.25, -0.2) is 0 Å². The number of aryl methyl sites for hydroxylation is 1. The number of hydrogen-bond donors (Lipinski definition) is 1. The maximum Gasteiger partial charge on any atom is 0.309 e.